The zero-order chi connectivity index (χ0) is 5.40. The third-order valence-corrected chi connectivity index (χ3v) is 1.95. The second kappa shape index (κ2) is 1.47. The van der Waals surface area contributed by atoms with Crippen LogP contribution in [0, 0.1) is 5.92 Å². The first-order chi connectivity index (χ1) is 3.97. The molecule has 44 valence electrons. The Morgan fingerprint density at radius 3 is 3.38 bits per heavy atom. The maximum atomic E-state index is 5.05. The van der Waals surface area contributed by atoms with Crippen LogP contribution in [0.4, 0.5) is 0 Å². The summed E-state index contributed by atoms with van der Waals surface area (Å²) in [6, 6.07) is 0. The van der Waals surface area contributed by atoms with Crippen molar-refractivity contribution in [3.8, 4) is 0 Å². The first-order valence-electron chi connectivity index (χ1n) is 3.16. The lowest BCUT2D eigenvalue weighted by Gasteiger charge is -2.02. The van der Waals surface area contributed by atoms with E-state index in [4.69, 9.17) is 4.84 Å². The summed E-state index contributed by atoms with van der Waals surface area (Å²) in [5.41, 5.74) is 0. The Morgan fingerprint density at radius 2 is 2.50 bits per heavy atom. The molecule has 0 N–H and O–H groups in total. The van der Waals surface area contributed by atoms with E-state index in [0.29, 0.717) is 12.0 Å². The van der Waals surface area contributed by atoms with Crippen LogP contribution in [0.5, 0.6) is 0 Å². The van der Waals surface area contributed by atoms with E-state index in [1.165, 1.54) is 19.3 Å². The highest BCUT2D eigenvalue weighted by Gasteiger charge is 2.31. The van der Waals surface area contributed by atoms with Gasteiger partial charge in [0.15, 0.2) is 0 Å². The van der Waals surface area contributed by atoms with E-state index in [2.05, 4.69) is 5.16 Å². The molecule has 0 aromatic carbocycles. The molecule has 0 radical (unpaired) electrons. The average Bonchev–Trinajstić information content (AvgIpc) is 2.15. The fourth-order valence-electron chi connectivity index (χ4n) is 1.45. The van der Waals surface area contributed by atoms with Crippen molar-refractivity contribution >= 4 is 6.21 Å². The van der Waals surface area contributed by atoms with E-state index < -0.39 is 0 Å². The summed E-state index contributed by atoms with van der Waals surface area (Å²) in [5.74, 6) is 0.662. The molecule has 1 saturated carbocycles. The topological polar surface area (TPSA) is 21.6 Å². The maximum absolute atomic E-state index is 5.05. The zero-order valence-corrected chi connectivity index (χ0v) is 4.71. The fraction of sp³-hybridized carbons (Fsp3) is 0.833. The standard InChI is InChI=1S/C6H9NO/c1-2-5-4-7-8-6(5)3-1/h4-6H,1-3H2. The Balaban J connectivity index is 2.13. The van der Waals surface area contributed by atoms with Crippen LogP contribution >= 0.6 is 0 Å². The van der Waals surface area contributed by atoms with Gasteiger partial charge in [0.1, 0.15) is 6.10 Å². The van der Waals surface area contributed by atoms with Crippen LogP contribution in [-0.4, -0.2) is 12.3 Å². The SMILES string of the molecule is C1=NOC2CCCC12. The van der Waals surface area contributed by atoms with Crippen LogP contribution in [0.1, 0.15) is 19.3 Å². The lowest BCUT2D eigenvalue weighted by molar-refractivity contribution is 0.0746. The van der Waals surface area contributed by atoms with Gasteiger partial charge in [0.25, 0.3) is 0 Å². The van der Waals surface area contributed by atoms with E-state index in [1.54, 1.807) is 0 Å². The molecule has 1 fully saturated rings. The van der Waals surface area contributed by atoms with Gasteiger partial charge in [-0.1, -0.05) is 5.16 Å². The molecule has 0 saturated heterocycles. The molecule has 2 rings (SSSR count). The molecule has 2 heteroatoms. The van der Waals surface area contributed by atoms with E-state index in [9.17, 15) is 0 Å². The Hall–Kier alpha value is -0.530. The molecule has 1 heterocycles. The number of nitrogens with zero attached hydrogens (tertiary/aromatic N) is 1. The number of oxime groups is 1. The number of fused-ring (bicyclic) bond motifs is 1. The molecule has 1 aliphatic heterocycles. The first-order valence-corrected chi connectivity index (χ1v) is 3.16. The minimum Gasteiger partial charge on any atom is -0.392 e. The number of rotatable bonds is 0. The summed E-state index contributed by atoms with van der Waals surface area (Å²) in [7, 11) is 0. The molecular formula is C6H9NO. The smallest absolute Gasteiger partial charge is 0.135 e. The quantitative estimate of drug-likeness (QED) is 0.460. The molecular weight excluding hydrogens is 102 g/mol. The summed E-state index contributed by atoms with van der Waals surface area (Å²) in [6.07, 6.45) is 6.22. The summed E-state index contributed by atoms with van der Waals surface area (Å²) >= 11 is 0. The predicted octanol–water partition coefficient (Wildman–Crippen LogP) is 1.17. The minimum atomic E-state index is 0.454. The maximum Gasteiger partial charge on any atom is 0.135 e. The number of hydrogen-bond donors (Lipinski definition) is 0. The highest BCUT2D eigenvalue weighted by atomic mass is 16.6. The van der Waals surface area contributed by atoms with Gasteiger partial charge in [-0.15, -0.1) is 0 Å². The Morgan fingerprint density at radius 1 is 1.50 bits per heavy atom. The lowest BCUT2D eigenvalue weighted by Crippen LogP contribution is -2.09. The monoisotopic (exact) mass is 111 g/mol. The number of hydrogen-bond acceptors (Lipinski definition) is 2. The van der Waals surface area contributed by atoms with Gasteiger partial charge in [0.05, 0.1) is 6.21 Å². The van der Waals surface area contributed by atoms with Crippen molar-refractivity contribution in [1.29, 1.82) is 0 Å². The summed E-state index contributed by atoms with van der Waals surface area (Å²) in [5, 5.41) is 3.74. The largest absolute Gasteiger partial charge is 0.392 e. The zero-order valence-electron chi connectivity index (χ0n) is 4.71. The third-order valence-electron chi connectivity index (χ3n) is 1.95. The van der Waals surface area contributed by atoms with Crippen LogP contribution < -0.4 is 0 Å². The second-order valence-electron chi connectivity index (χ2n) is 2.49. The molecule has 2 atom stereocenters. The lowest BCUT2D eigenvalue weighted by atomic mass is 10.1. The Kier molecular flexibility index (Phi) is 0.802. The van der Waals surface area contributed by atoms with Crippen molar-refractivity contribution in [2.45, 2.75) is 25.4 Å². The van der Waals surface area contributed by atoms with E-state index in [-0.39, 0.29) is 0 Å². The van der Waals surface area contributed by atoms with Crippen LogP contribution in [0.15, 0.2) is 5.16 Å². The van der Waals surface area contributed by atoms with Crippen molar-refractivity contribution in [2.75, 3.05) is 0 Å². The average molecular weight is 111 g/mol. The van der Waals surface area contributed by atoms with Crippen LogP contribution in [0.25, 0.3) is 0 Å². The molecule has 0 amide bonds. The molecule has 0 bridgehead atoms. The van der Waals surface area contributed by atoms with Gasteiger partial charge in [-0.25, -0.2) is 0 Å². The van der Waals surface area contributed by atoms with Gasteiger partial charge < -0.3 is 4.84 Å². The van der Waals surface area contributed by atoms with Gasteiger partial charge >= 0.3 is 0 Å². The summed E-state index contributed by atoms with van der Waals surface area (Å²) in [4.78, 5) is 5.05. The van der Waals surface area contributed by atoms with Crippen molar-refractivity contribution in [1.82, 2.24) is 0 Å². The summed E-state index contributed by atoms with van der Waals surface area (Å²) in [6.45, 7) is 0. The van der Waals surface area contributed by atoms with Crippen molar-refractivity contribution in [3.63, 3.8) is 0 Å². The first kappa shape index (κ1) is 4.36. The van der Waals surface area contributed by atoms with E-state index in [1.807, 2.05) is 6.21 Å². The van der Waals surface area contributed by atoms with Crippen LogP contribution in [0.2, 0.25) is 0 Å². The van der Waals surface area contributed by atoms with Crippen LogP contribution in [0.3, 0.4) is 0 Å². The molecule has 2 nitrogen and oxygen atoms in total. The Bertz CT molecular complexity index is 122. The van der Waals surface area contributed by atoms with Gasteiger partial charge in [-0.2, -0.15) is 0 Å². The normalized spacial score (nSPS) is 42.0. The third kappa shape index (κ3) is 0.457. The van der Waals surface area contributed by atoms with Gasteiger partial charge in [-0.3, -0.25) is 0 Å². The predicted molar refractivity (Wildman–Crippen MR) is 30.7 cm³/mol. The molecule has 0 spiro atoms. The van der Waals surface area contributed by atoms with Crippen molar-refractivity contribution in [3.05, 3.63) is 0 Å². The van der Waals surface area contributed by atoms with E-state index >= 15 is 0 Å². The fourth-order valence-corrected chi connectivity index (χ4v) is 1.45. The van der Waals surface area contributed by atoms with Crippen molar-refractivity contribution < 1.29 is 4.84 Å². The Labute approximate surface area is 48.5 Å². The van der Waals surface area contributed by atoms with Crippen LogP contribution in [-0.2, 0) is 4.84 Å². The van der Waals surface area contributed by atoms with Crippen molar-refractivity contribution in [2.24, 2.45) is 11.1 Å². The molecule has 0 aromatic rings. The molecule has 1 aliphatic carbocycles. The van der Waals surface area contributed by atoms with Gasteiger partial charge in [0.2, 0.25) is 0 Å². The second-order valence-corrected chi connectivity index (χ2v) is 2.49. The molecule has 2 aliphatic rings. The molecule has 8 heavy (non-hydrogen) atoms. The highest BCUT2D eigenvalue weighted by Crippen LogP contribution is 2.30. The van der Waals surface area contributed by atoms with E-state index in [0.717, 1.165) is 0 Å². The molecule has 2 unspecified atom stereocenters. The van der Waals surface area contributed by atoms with Gasteiger partial charge in [-0.05, 0) is 19.3 Å². The molecule has 0 aromatic heterocycles. The van der Waals surface area contributed by atoms with Gasteiger partial charge in [0, 0.05) is 5.92 Å². The highest BCUT2D eigenvalue weighted by molar-refractivity contribution is 5.62. The summed E-state index contributed by atoms with van der Waals surface area (Å²) < 4.78 is 0. The minimum absolute atomic E-state index is 0.454.